The summed E-state index contributed by atoms with van der Waals surface area (Å²) in [5.41, 5.74) is 0. The third kappa shape index (κ3) is 7.24. The average Bonchev–Trinajstić information content (AvgIpc) is 2.24. The minimum Gasteiger partial charge on any atom is -0.348 e. The molecule has 0 saturated heterocycles. The van der Waals surface area contributed by atoms with Crippen molar-refractivity contribution in [3.05, 3.63) is 0 Å². The van der Waals surface area contributed by atoms with Crippen LogP contribution < -0.4 is 0 Å². The molecule has 4 nitrogen and oxygen atoms in total. The van der Waals surface area contributed by atoms with Crippen LogP contribution in [0.15, 0.2) is 0 Å². The van der Waals surface area contributed by atoms with Crippen LogP contribution >= 0.6 is 0 Å². The van der Waals surface area contributed by atoms with Crippen LogP contribution in [-0.2, 0) is 4.79 Å². The van der Waals surface area contributed by atoms with E-state index in [0.717, 1.165) is 32.4 Å². The lowest BCUT2D eigenvalue weighted by Crippen LogP contribution is -2.37. The predicted octanol–water partition coefficient (Wildman–Crippen LogP) is 1.48. The Labute approximate surface area is 98.8 Å². The summed E-state index contributed by atoms with van der Waals surface area (Å²) in [6.45, 7) is 4.47. The Morgan fingerprint density at radius 2 is 1.94 bits per heavy atom. The Morgan fingerprint density at radius 3 is 2.44 bits per heavy atom. The maximum atomic E-state index is 11.5. The zero-order valence-corrected chi connectivity index (χ0v) is 10.7. The number of carbonyl (C=O) groups is 1. The van der Waals surface area contributed by atoms with E-state index in [2.05, 4.69) is 17.9 Å². The van der Waals surface area contributed by atoms with Crippen LogP contribution in [0.4, 0.5) is 0 Å². The molecule has 1 amide bonds. The number of amides is 1. The van der Waals surface area contributed by atoms with Gasteiger partial charge in [0.05, 0.1) is 12.6 Å². The lowest BCUT2D eigenvalue weighted by atomic mass is 10.2. The summed E-state index contributed by atoms with van der Waals surface area (Å²) in [6.07, 6.45) is 3.59. The zero-order valence-electron chi connectivity index (χ0n) is 10.7. The number of nitrogens with zero attached hydrogens (tertiary/aromatic N) is 3. The number of rotatable bonds is 8. The summed E-state index contributed by atoms with van der Waals surface area (Å²) in [4.78, 5) is 15.3. The first-order chi connectivity index (χ1) is 7.61. The highest BCUT2D eigenvalue weighted by Gasteiger charge is 2.10. The van der Waals surface area contributed by atoms with Gasteiger partial charge in [0.25, 0.3) is 0 Å². The predicted molar refractivity (Wildman–Crippen MR) is 64.9 cm³/mol. The highest BCUT2D eigenvalue weighted by atomic mass is 16.2. The Balaban J connectivity index is 3.88. The molecule has 0 fully saturated rings. The lowest BCUT2D eigenvalue weighted by molar-refractivity contribution is -0.129. The summed E-state index contributed by atoms with van der Waals surface area (Å²) in [5.74, 6) is 0.147. The van der Waals surface area contributed by atoms with Crippen molar-refractivity contribution in [2.24, 2.45) is 0 Å². The highest BCUT2D eigenvalue weighted by molar-refractivity contribution is 5.77. The van der Waals surface area contributed by atoms with Gasteiger partial charge in [-0.25, -0.2) is 0 Å². The first-order valence-electron chi connectivity index (χ1n) is 5.91. The second-order valence-corrected chi connectivity index (χ2v) is 4.18. The molecule has 0 N–H and O–H groups in total. The van der Waals surface area contributed by atoms with Crippen LogP contribution in [0.3, 0.4) is 0 Å². The minimum absolute atomic E-state index is 0.147. The Hall–Kier alpha value is -1.08. The summed E-state index contributed by atoms with van der Waals surface area (Å²) in [6, 6.07) is 2.14. The van der Waals surface area contributed by atoms with Crippen LogP contribution in [0, 0.1) is 11.3 Å². The van der Waals surface area contributed by atoms with E-state index in [1.54, 1.807) is 19.0 Å². The Morgan fingerprint density at radius 1 is 1.25 bits per heavy atom. The summed E-state index contributed by atoms with van der Waals surface area (Å²) < 4.78 is 0. The van der Waals surface area contributed by atoms with Gasteiger partial charge in [-0.3, -0.25) is 9.69 Å². The first-order valence-corrected chi connectivity index (χ1v) is 5.91. The standard InChI is InChI=1S/C12H23N3O/c1-4-9-15(10-7-5-6-8-13)11-12(16)14(2)3/h4-7,9-11H2,1-3H3. The fourth-order valence-corrected chi connectivity index (χ4v) is 1.46. The molecule has 0 aliphatic carbocycles. The number of unbranched alkanes of at least 4 members (excludes halogenated alkanes) is 2. The van der Waals surface area contributed by atoms with Crippen molar-refractivity contribution in [2.45, 2.75) is 32.6 Å². The van der Waals surface area contributed by atoms with Gasteiger partial charge in [0.1, 0.15) is 0 Å². The van der Waals surface area contributed by atoms with Gasteiger partial charge in [0.2, 0.25) is 5.91 Å². The second-order valence-electron chi connectivity index (χ2n) is 4.18. The van der Waals surface area contributed by atoms with Gasteiger partial charge in [-0.2, -0.15) is 5.26 Å². The van der Waals surface area contributed by atoms with E-state index in [0.29, 0.717) is 13.0 Å². The number of nitriles is 1. The smallest absolute Gasteiger partial charge is 0.236 e. The van der Waals surface area contributed by atoms with Gasteiger partial charge in [0.15, 0.2) is 0 Å². The van der Waals surface area contributed by atoms with Gasteiger partial charge in [-0.15, -0.1) is 0 Å². The molecular weight excluding hydrogens is 202 g/mol. The largest absolute Gasteiger partial charge is 0.348 e. The zero-order chi connectivity index (χ0) is 12.4. The Bertz CT molecular complexity index is 233. The average molecular weight is 225 g/mol. The lowest BCUT2D eigenvalue weighted by Gasteiger charge is -2.22. The summed E-state index contributed by atoms with van der Waals surface area (Å²) in [7, 11) is 3.56. The molecule has 4 heteroatoms. The Kier molecular flexibility index (Phi) is 8.55. The second kappa shape index (κ2) is 9.17. The number of hydrogen-bond acceptors (Lipinski definition) is 3. The van der Waals surface area contributed by atoms with Crippen LogP contribution in [-0.4, -0.2) is 49.4 Å². The molecule has 0 unspecified atom stereocenters. The molecule has 0 aliphatic rings. The van der Waals surface area contributed by atoms with E-state index in [1.807, 2.05) is 0 Å². The van der Waals surface area contributed by atoms with Crippen molar-refractivity contribution < 1.29 is 4.79 Å². The monoisotopic (exact) mass is 225 g/mol. The highest BCUT2D eigenvalue weighted by Crippen LogP contribution is 2.00. The minimum atomic E-state index is 0.147. The van der Waals surface area contributed by atoms with Crippen LogP contribution in [0.25, 0.3) is 0 Å². The van der Waals surface area contributed by atoms with Crippen molar-refractivity contribution in [3.8, 4) is 6.07 Å². The molecule has 0 rings (SSSR count). The van der Waals surface area contributed by atoms with Crippen LogP contribution in [0.5, 0.6) is 0 Å². The van der Waals surface area contributed by atoms with Crippen molar-refractivity contribution >= 4 is 5.91 Å². The molecule has 0 aliphatic heterocycles. The molecule has 0 bridgehead atoms. The molecule has 0 radical (unpaired) electrons. The van der Waals surface area contributed by atoms with Gasteiger partial charge in [0, 0.05) is 20.5 Å². The first kappa shape index (κ1) is 14.9. The normalized spacial score (nSPS) is 10.2. The van der Waals surface area contributed by atoms with E-state index in [4.69, 9.17) is 5.26 Å². The molecule has 0 aromatic carbocycles. The van der Waals surface area contributed by atoms with E-state index in [-0.39, 0.29) is 5.91 Å². The number of likely N-dealkylation sites (N-methyl/N-ethyl adjacent to an activating group) is 1. The van der Waals surface area contributed by atoms with E-state index >= 15 is 0 Å². The number of hydrogen-bond donors (Lipinski definition) is 0. The molecule has 0 atom stereocenters. The maximum Gasteiger partial charge on any atom is 0.236 e. The quantitative estimate of drug-likeness (QED) is 0.588. The van der Waals surface area contributed by atoms with Crippen molar-refractivity contribution in [3.63, 3.8) is 0 Å². The van der Waals surface area contributed by atoms with Crippen molar-refractivity contribution in [1.29, 1.82) is 5.26 Å². The maximum absolute atomic E-state index is 11.5. The van der Waals surface area contributed by atoms with Gasteiger partial charge >= 0.3 is 0 Å². The van der Waals surface area contributed by atoms with E-state index in [9.17, 15) is 4.79 Å². The number of carbonyl (C=O) groups excluding carboxylic acids is 1. The van der Waals surface area contributed by atoms with E-state index < -0.39 is 0 Å². The van der Waals surface area contributed by atoms with Crippen LogP contribution in [0.2, 0.25) is 0 Å². The molecule has 0 aromatic rings. The molecule has 16 heavy (non-hydrogen) atoms. The molecule has 0 spiro atoms. The fourth-order valence-electron chi connectivity index (χ4n) is 1.46. The molecule has 0 saturated carbocycles. The van der Waals surface area contributed by atoms with Gasteiger partial charge in [-0.1, -0.05) is 6.92 Å². The van der Waals surface area contributed by atoms with Crippen molar-refractivity contribution in [2.75, 3.05) is 33.7 Å². The summed E-state index contributed by atoms with van der Waals surface area (Å²) >= 11 is 0. The fraction of sp³-hybridized carbons (Fsp3) is 0.833. The van der Waals surface area contributed by atoms with E-state index in [1.165, 1.54) is 0 Å². The van der Waals surface area contributed by atoms with Crippen molar-refractivity contribution in [1.82, 2.24) is 9.80 Å². The molecule has 0 heterocycles. The third-order valence-electron chi connectivity index (χ3n) is 2.41. The molecule has 92 valence electrons. The third-order valence-corrected chi connectivity index (χ3v) is 2.41. The topological polar surface area (TPSA) is 47.3 Å². The van der Waals surface area contributed by atoms with Gasteiger partial charge in [-0.05, 0) is 32.4 Å². The molecular formula is C12H23N3O. The summed E-state index contributed by atoms with van der Waals surface area (Å²) in [5, 5.41) is 8.43. The van der Waals surface area contributed by atoms with Crippen LogP contribution in [0.1, 0.15) is 32.6 Å². The molecule has 0 aromatic heterocycles. The SMILES string of the molecule is CCCN(CCCCC#N)CC(=O)N(C)C. The van der Waals surface area contributed by atoms with Gasteiger partial charge < -0.3 is 4.90 Å².